The Labute approximate surface area is 146 Å². The second-order valence-corrected chi connectivity index (χ2v) is 6.10. The molecule has 0 atom stereocenters. The van der Waals surface area contributed by atoms with E-state index in [1.165, 1.54) is 0 Å². The van der Waals surface area contributed by atoms with Gasteiger partial charge in [0.1, 0.15) is 0 Å². The highest BCUT2D eigenvalue weighted by Gasteiger charge is 2.29. The lowest BCUT2D eigenvalue weighted by atomic mass is 10.1. The molecule has 1 aliphatic carbocycles. The number of nitrogens with one attached hydrogen (secondary N) is 2. The van der Waals surface area contributed by atoms with E-state index in [0.717, 1.165) is 18.4 Å². The van der Waals surface area contributed by atoms with Gasteiger partial charge in [-0.05, 0) is 61.7 Å². The zero-order valence-electron chi connectivity index (χ0n) is 14.0. The summed E-state index contributed by atoms with van der Waals surface area (Å²) >= 11 is 0. The highest BCUT2D eigenvalue weighted by Crippen LogP contribution is 2.30. The summed E-state index contributed by atoms with van der Waals surface area (Å²) in [6, 6.07) is 14.0. The average Bonchev–Trinajstić information content (AvgIpc) is 3.45. The minimum atomic E-state index is -0.316. The first-order chi connectivity index (χ1) is 12.0. The third-order valence-electron chi connectivity index (χ3n) is 3.99. The van der Waals surface area contributed by atoms with Gasteiger partial charge in [0.15, 0.2) is 0 Å². The second kappa shape index (κ2) is 7.17. The van der Waals surface area contributed by atoms with Crippen molar-refractivity contribution in [1.29, 1.82) is 0 Å². The summed E-state index contributed by atoms with van der Waals surface area (Å²) in [6.07, 6.45) is 1.91. The number of carbonyl (C=O) groups excluding carboxylic acids is 2. The van der Waals surface area contributed by atoms with Crippen molar-refractivity contribution in [3.8, 4) is 0 Å². The van der Waals surface area contributed by atoms with E-state index in [2.05, 4.69) is 15.8 Å². The Hall–Kier alpha value is -3.15. The van der Waals surface area contributed by atoms with Gasteiger partial charge in [-0.15, -0.1) is 0 Å². The lowest BCUT2D eigenvalue weighted by molar-refractivity contribution is -0.117. The van der Waals surface area contributed by atoms with Crippen LogP contribution in [-0.2, 0) is 4.79 Å². The highest BCUT2D eigenvalue weighted by atomic mass is 16.2. The van der Waals surface area contributed by atoms with Gasteiger partial charge in [0.05, 0.1) is 5.71 Å². The van der Waals surface area contributed by atoms with Crippen LogP contribution in [0.5, 0.6) is 0 Å². The molecule has 6 nitrogen and oxygen atoms in total. The molecule has 1 fully saturated rings. The molecular formula is C19H20N4O2. The van der Waals surface area contributed by atoms with E-state index >= 15 is 0 Å². The number of hydrazone groups is 1. The third kappa shape index (κ3) is 4.44. The van der Waals surface area contributed by atoms with Crippen LogP contribution in [0, 0.1) is 5.92 Å². The van der Waals surface area contributed by atoms with Gasteiger partial charge in [0, 0.05) is 22.9 Å². The number of rotatable bonds is 5. The molecule has 2 aromatic rings. The molecule has 0 spiro atoms. The highest BCUT2D eigenvalue weighted by molar-refractivity contribution is 6.01. The first-order valence-electron chi connectivity index (χ1n) is 8.14. The number of benzene rings is 2. The van der Waals surface area contributed by atoms with Crippen molar-refractivity contribution in [3.63, 3.8) is 0 Å². The van der Waals surface area contributed by atoms with Crippen LogP contribution in [0.15, 0.2) is 53.6 Å². The molecule has 128 valence electrons. The van der Waals surface area contributed by atoms with E-state index in [0.29, 0.717) is 22.6 Å². The van der Waals surface area contributed by atoms with Crippen molar-refractivity contribution in [3.05, 3.63) is 59.7 Å². The number of hydrogen-bond donors (Lipinski definition) is 3. The first kappa shape index (κ1) is 16.7. The van der Waals surface area contributed by atoms with Gasteiger partial charge < -0.3 is 11.1 Å². The largest absolute Gasteiger partial charge is 0.399 e. The number of nitrogens with zero attached hydrogens (tertiary/aromatic N) is 1. The van der Waals surface area contributed by atoms with E-state index < -0.39 is 0 Å². The fourth-order valence-corrected chi connectivity index (χ4v) is 2.32. The van der Waals surface area contributed by atoms with E-state index in [-0.39, 0.29) is 17.7 Å². The molecule has 1 saturated carbocycles. The van der Waals surface area contributed by atoms with Crippen LogP contribution in [0.4, 0.5) is 11.4 Å². The summed E-state index contributed by atoms with van der Waals surface area (Å²) in [5.74, 6) is -0.129. The van der Waals surface area contributed by atoms with Crippen molar-refractivity contribution in [2.45, 2.75) is 19.8 Å². The molecule has 4 N–H and O–H groups in total. The quantitative estimate of drug-likeness (QED) is 0.445. The van der Waals surface area contributed by atoms with Gasteiger partial charge >= 0.3 is 0 Å². The number of nitrogens with two attached hydrogens (primary N) is 1. The number of amides is 2. The summed E-state index contributed by atoms with van der Waals surface area (Å²) in [7, 11) is 0. The Morgan fingerprint density at radius 1 is 1.08 bits per heavy atom. The monoisotopic (exact) mass is 336 g/mol. The van der Waals surface area contributed by atoms with Crippen molar-refractivity contribution in [1.82, 2.24) is 5.43 Å². The van der Waals surface area contributed by atoms with Crippen LogP contribution in [0.1, 0.15) is 35.7 Å². The standard InChI is InChI=1S/C19H20N4O2/c1-12(15-3-2-4-16(20)11-15)22-23-19(25)14-7-9-17(10-8-14)21-18(24)13-5-6-13/h2-4,7-11,13H,5-6,20H2,1H3,(H,21,24)(H,23,25). The molecule has 0 bridgehead atoms. The molecule has 0 aliphatic heterocycles. The van der Waals surface area contributed by atoms with E-state index in [4.69, 9.17) is 5.73 Å². The molecule has 0 saturated heterocycles. The fraction of sp³-hybridized carbons (Fsp3) is 0.211. The maximum Gasteiger partial charge on any atom is 0.271 e. The van der Waals surface area contributed by atoms with Crippen LogP contribution in [0.3, 0.4) is 0 Å². The molecule has 3 rings (SSSR count). The molecule has 0 heterocycles. The number of nitrogen functional groups attached to an aromatic ring is 1. The second-order valence-electron chi connectivity index (χ2n) is 6.10. The van der Waals surface area contributed by atoms with Crippen molar-refractivity contribution in [2.24, 2.45) is 11.0 Å². The normalized spacial score (nSPS) is 14.0. The van der Waals surface area contributed by atoms with E-state index in [1.54, 1.807) is 43.3 Å². The van der Waals surface area contributed by atoms with Crippen LogP contribution in [0.25, 0.3) is 0 Å². The van der Waals surface area contributed by atoms with Gasteiger partial charge in [-0.1, -0.05) is 12.1 Å². The Morgan fingerprint density at radius 3 is 2.44 bits per heavy atom. The van der Waals surface area contributed by atoms with Gasteiger partial charge in [-0.2, -0.15) is 5.10 Å². The minimum Gasteiger partial charge on any atom is -0.399 e. The summed E-state index contributed by atoms with van der Waals surface area (Å²) in [6.45, 7) is 1.80. The van der Waals surface area contributed by atoms with Crippen LogP contribution >= 0.6 is 0 Å². The van der Waals surface area contributed by atoms with Gasteiger partial charge in [-0.25, -0.2) is 5.43 Å². The lowest BCUT2D eigenvalue weighted by Gasteiger charge is -2.06. The van der Waals surface area contributed by atoms with Crippen molar-refractivity contribution in [2.75, 3.05) is 11.1 Å². The van der Waals surface area contributed by atoms with Crippen LogP contribution in [0.2, 0.25) is 0 Å². The summed E-state index contributed by atoms with van der Waals surface area (Å²) in [5.41, 5.74) is 11.6. The van der Waals surface area contributed by atoms with E-state index in [9.17, 15) is 9.59 Å². The zero-order chi connectivity index (χ0) is 17.8. The Morgan fingerprint density at radius 2 is 1.80 bits per heavy atom. The first-order valence-corrected chi connectivity index (χ1v) is 8.14. The van der Waals surface area contributed by atoms with Gasteiger partial charge in [0.25, 0.3) is 5.91 Å². The summed E-state index contributed by atoms with van der Waals surface area (Å²) in [4.78, 5) is 23.9. The maximum absolute atomic E-state index is 12.2. The Kier molecular flexibility index (Phi) is 4.79. The minimum absolute atomic E-state index is 0.0413. The van der Waals surface area contributed by atoms with Gasteiger partial charge in [-0.3, -0.25) is 9.59 Å². The molecule has 2 amide bonds. The Bertz CT molecular complexity index is 824. The molecule has 6 heteroatoms. The molecule has 25 heavy (non-hydrogen) atoms. The predicted octanol–water partition coefficient (Wildman–Crippen LogP) is 2.77. The van der Waals surface area contributed by atoms with Crippen molar-refractivity contribution >= 4 is 28.9 Å². The third-order valence-corrected chi connectivity index (χ3v) is 3.99. The molecule has 0 unspecified atom stereocenters. The SMILES string of the molecule is CC(=NNC(=O)c1ccc(NC(=O)C2CC2)cc1)c1cccc(N)c1. The number of hydrogen-bond acceptors (Lipinski definition) is 4. The molecule has 1 aliphatic rings. The summed E-state index contributed by atoms with van der Waals surface area (Å²) in [5, 5.41) is 6.94. The predicted molar refractivity (Wildman–Crippen MR) is 98.3 cm³/mol. The number of anilines is 2. The lowest BCUT2D eigenvalue weighted by Crippen LogP contribution is -2.19. The topological polar surface area (TPSA) is 96.6 Å². The smallest absolute Gasteiger partial charge is 0.271 e. The molecule has 2 aromatic carbocycles. The zero-order valence-corrected chi connectivity index (χ0v) is 14.0. The van der Waals surface area contributed by atoms with Crippen molar-refractivity contribution < 1.29 is 9.59 Å². The van der Waals surface area contributed by atoms with Crippen LogP contribution in [-0.4, -0.2) is 17.5 Å². The fourth-order valence-electron chi connectivity index (χ4n) is 2.32. The van der Waals surface area contributed by atoms with Gasteiger partial charge in [0.2, 0.25) is 5.91 Å². The maximum atomic E-state index is 12.2. The van der Waals surface area contributed by atoms with E-state index in [1.807, 2.05) is 12.1 Å². The van der Waals surface area contributed by atoms with Crippen LogP contribution < -0.4 is 16.5 Å². The molecule has 0 aromatic heterocycles. The average molecular weight is 336 g/mol. The summed E-state index contributed by atoms with van der Waals surface area (Å²) < 4.78 is 0. The molecular weight excluding hydrogens is 316 g/mol. The molecule has 0 radical (unpaired) electrons. The Balaban J connectivity index is 1.60. The number of carbonyl (C=O) groups is 2.